The molecule has 0 bridgehead atoms. The Morgan fingerprint density at radius 3 is 2.52 bits per heavy atom. The molecule has 0 saturated heterocycles. The van der Waals surface area contributed by atoms with Crippen molar-refractivity contribution in [2.75, 3.05) is 25.0 Å². The monoisotopic (exact) mass is 474 g/mol. The molecular formula is C25H31ClN2O5. The molecule has 178 valence electrons. The lowest BCUT2D eigenvalue weighted by molar-refractivity contribution is -0.117. The number of fused-ring (bicyclic) bond motifs is 2. The van der Waals surface area contributed by atoms with Gasteiger partial charge >= 0.3 is 6.09 Å². The van der Waals surface area contributed by atoms with E-state index >= 15 is 0 Å². The van der Waals surface area contributed by atoms with Gasteiger partial charge in [-0.05, 0) is 63.9 Å². The molecule has 0 saturated carbocycles. The number of nitrogens with zero attached hydrogens (tertiary/aromatic N) is 1. The first-order valence-electron chi connectivity index (χ1n) is 11.2. The van der Waals surface area contributed by atoms with Gasteiger partial charge in [0.05, 0.1) is 12.3 Å². The van der Waals surface area contributed by atoms with Gasteiger partial charge in [-0.15, -0.1) is 0 Å². The number of hydrogen-bond acceptors (Lipinski definition) is 5. The maximum Gasteiger partial charge on any atom is 0.410 e. The highest BCUT2D eigenvalue weighted by molar-refractivity contribution is 6.31. The van der Waals surface area contributed by atoms with Crippen molar-refractivity contribution < 1.29 is 23.8 Å². The van der Waals surface area contributed by atoms with E-state index in [1.54, 1.807) is 39.0 Å². The Kier molecular flexibility index (Phi) is 8.44. The third-order valence-electron chi connectivity index (χ3n) is 4.85. The summed E-state index contributed by atoms with van der Waals surface area (Å²) in [5.41, 5.74) is -0.250. The number of carbonyl (C=O) groups excluding carboxylic acids is 2. The van der Waals surface area contributed by atoms with E-state index in [4.69, 9.17) is 25.8 Å². The van der Waals surface area contributed by atoms with Crippen LogP contribution in [-0.4, -0.2) is 42.2 Å². The van der Waals surface area contributed by atoms with Gasteiger partial charge in [0.25, 0.3) is 0 Å². The molecule has 7 nitrogen and oxygen atoms in total. The zero-order chi connectivity index (χ0) is 23.8. The molecule has 0 fully saturated rings. The van der Waals surface area contributed by atoms with Gasteiger partial charge in [0.1, 0.15) is 12.1 Å². The van der Waals surface area contributed by atoms with E-state index in [0.717, 1.165) is 25.7 Å². The third kappa shape index (κ3) is 7.86. The molecule has 1 aliphatic heterocycles. The SMILES string of the molecule is CC(C)(C)OC(=O)N1CCCCCCOc2ccccc2Oc2ccc(Cl)cc2NC(=O)C1. The Balaban J connectivity index is 1.86. The van der Waals surface area contributed by atoms with Gasteiger partial charge in [0, 0.05) is 11.6 Å². The number of hydrogen-bond donors (Lipinski definition) is 1. The molecule has 0 unspecified atom stereocenters. The second-order valence-corrected chi connectivity index (χ2v) is 9.34. The number of nitrogens with one attached hydrogen (secondary N) is 1. The van der Waals surface area contributed by atoms with Crippen LogP contribution < -0.4 is 14.8 Å². The van der Waals surface area contributed by atoms with Gasteiger partial charge in [-0.1, -0.05) is 36.6 Å². The number of para-hydroxylation sites is 2. The minimum Gasteiger partial charge on any atom is -0.490 e. The summed E-state index contributed by atoms with van der Waals surface area (Å²) in [7, 11) is 0. The van der Waals surface area contributed by atoms with E-state index in [2.05, 4.69) is 5.32 Å². The summed E-state index contributed by atoms with van der Waals surface area (Å²) in [5.74, 6) is 1.22. The summed E-state index contributed by atoms with van der Waals surface area (Å²) in [5, 5.41) is 3.27. The maximum absolute atomic E-state index is 12.9. The number of rotatable bonds is 0. The van der Waals surface area contributed by atoms with Gasteiger partial charge in [-0.2, -0.15) is 0 Å². The smallest absolute Gasteiger partial charge is 0.410 e. The van der Waals surface area contributed by atoms with Gasteiger partial charge in [0.2, 0.25) is 5.91 Å². The van der Waals surface area contributed by atoms with Crippen molar-refractivity contribution in [2.24, 2.45) is 0 Å². The Labute approximate surface area is 200 Å². The third-order valence-corrected chi connectivity index (χ3v) is 5.09. The first-order valence-corrected chi connectivity index (χ1v) is 11.6. The van der Waals surface area contributed by atoms with Crippen molar-refractivity contribution in [2.45, 2.75) is 52.1 Å². The second-order valence-electron chi connectivity index (χ2n) is 8.90. The van der Waals surface area contributed by atoms with Crippen LogP contribution in [0.1, 0.15) is 46.5 Å². The minimum absolute atomic E-state index is 0.138. The van der Waals surface area contributed by atoms with Gasteiger partial charge in [-0.25, -0.2) is 4.79 Å². The second kappa shape index (κ2) is 11.3. The molecule has 1 aliphatic rings. The summed E-state index contributed by atoms with van der Waals surface area (Å²) in [6, 6.07) is 12.4. The zero-order valence-corrected chi connectivity index (χ0v) is 20.1. The van der Waals surface area contributed by atoms with E-state index in [9.17, 15) is 9.59 Å². The van der Waals surface area contributed by atoms with Crippen LogP contribution in [0.4, 0.5) is 10.5 Å². The molecule has 1 heterocycles. The largest absolute Gasteiger partial charge is 0.490 e. The highest BCUT2D eigenvalue weighted by atomic mass is 35.5. The quantitative estimate of drug-likeness (QED) is 0.487. The molecule has 0 atom stereocenters. The predicted octanol–water partition coefficient (Wildman–Crippen LogP) is 6.26. The molecule has 2 aromatic carbocycles. The summed E-state index contributed by atoms with van der Waals surface area (Å²) in [6.45, 7) is 6.24. The molecule has 0 spiro atoms. The highest BCUT2D eigenvalue weighted by Crippen LogP contribution is 2.36. The summed E-state index contributed by atoms with van der Waals surface area (Å²) in [6.07, 6.45) is 2.96. The van der Waals surface area contributed by atoms with Crippen molar-refractivity contribution in [3.05, 3.63) is 47.5 Å². The highest BCUT2D eigenvalue weighted by Gasteiger charge is 2.24. The van der Waals surface area contributed by atoms with Crippen LogP contribution in [0.3, 0.4) is 0 Å². The van der Waals surface area contributed by atoms with Crippen LogP contribution >= 0.6 is 11.6 Å². The van der Waals surface area contributed by atoms with E-state index in [-0.39, 0.29) is 12.5 Å². The van der Waals surface area contributed by atoms with E-state index in [0.29, 0.717) is 41.1 Å². The molecule has 3 rings (SSSR count). The molecule has 2 amide bonds. The zero-order valence-electron chi connectivity index (χ0n) is 19.4. The lowest BCUT2D eigenvalue weighted by Gasteiger charge is -2.27. The van der Waals surface area contributed by atoms with Crippen molar-refractivity contribution in [3.63, 3.8) is 0 Å². The van der Waals surface area contributed by atoms with E-state index in [1.807, 2.05) is 24.3 Å². The van der Waals surface area contributed by atoms with Crippen molar-refractivity contribution in [1.82, 2.24) is 4.90 Å². The topological polar surface area (TPSA) is 77.1 Å². The molecule has 0 aromatic heterocycles. The van der Waals surface area contributed by atoms with Crippen LogP contribution in [-0.2, 0) is 9.53 Å². The normalized spacial score (nSPS) is 15.9. The standard InChI is InChI=1S/C25H31ClN2O5/c1-25(2,3)33-24(30)28-14-8-4-5-9-15-31-21-10-6-7-11-22(21)32-20-13-12-18(26)16-19(20)27-23(29)17-28/h6-7,10-13,16H,4-5,8-9,14-15,17H2,1-3H3,(H,27,29). The van der Waals surface area contributed by atoms with E-state index < -0.39 is 11.7 Å². The average Bonchev–Trinajstić information content (AvgIpc) is 2.73. The van der Waals surface area contributed by atoms with Crippen LogP contribution in [0.25, 0.3) is 0 Å². The average molecular weight is 475 g/mol. The molecule has 2 aromatic rings. The fraction of sp³-hybridized carbons (Fsp3) is 0.440. The number of amides is 2. The summed E-state index contributed by atoms with van der Waals surface area (Å²) < 4.78 is 17.5. The molecule has 1 N–H and O–H groups in total. The Morgan fingerprint density at radius 1 is 1.03 bits per heavy atom. The molecule has 8 heteroatoms. The minimum atomic E-state index is -0.651. The van der Waals surface area contributed by atoms with Crippen molar-refractivity contribution >= 4 is 29.3 Å². The van der Waals surface area contributed by atoms with Crippen LogP contribution in [0, 0.1) is 0 Å². The summed E-state index contributed by atoms with van der Waals surface area (Å²) >= 11 is 6.17. The number of anilines is 1. The lowest BCUT2D eigenvalue weighted by atomic mass is 10.2. The van der Waals surface area contributed by atoms with Gasteiger partial charge < -0.3 is 19.5 Å². The van der Waals surface area contributed by atoms with E-state index in [1.165, 1.54) is 4.90 Å². The Bertz CT molecular complexity index is 974. The Morgan fingerprint density at radius 2 is 1.76 bits per heavy atom. The first-order chi connectivity index (χ1) is 15.7. The first kappa shape index (κ1) is 24.7. The van der Waals surface area contributed by atoms with Crippen molar-refractivity contribution in [1.29, 1.82) is 0 Å². The molecule has 0 aliphatic carbocycles. The van der Waals surface area contributed by atoms with Crippen LogP contribution in [0.5, 0.6) is 17.2 Å². The number of ether oxygens (including phenoxy) is 3. The molecule has 0 radical (unpaired) electrons. The lowest BCUT2D eigenvalue weighted by Crippen LogP contribution is -2.41. The fourth-order valence-electron chi connectivity index (χ4n) is 3.33. The maximum atomic E-state index is 12.9. The number of carbonyl (C=O) groups is 2. The van der Waals surface area contributed by atoms with Crippen LogP contribution in [0.15, 0.2) is 42.5 Å². The van der Waals surface area contributed by atoms with Crippen molar-refractivity contribution in [3.8, 4) is 17.2 Å². The predicted molar refractivity (Wildman–Crippen MR) is 128 cm³/mol. The Hall–Kier alpha value is -2.93. The number of benzene rings is 2. The number of halogens is 1. The van der Waals surface area contributed by atoms with Gasteiger partial charge in [0.15, 0.2) is 17.2 Å². The van der Waals surface area contributed by atoms with Gasteiger partial charge in [-0.3, -0.25) is 9.69 Å². The van der Waals surface area contributed by atoms with Crippen LogP contribution in [0.2, 0.25) is 5.02 Å². The fourth-order valence-corrected chi connectivity index (χ4v) is 3.50. The summed E-state index contributed by atoms with van der Waals surface area (Å²) in [4.78, 5) is 27.0. The molecular weight excluding hydrogens is 444 g/mol. The molecule has 33 heavy (non-hydrogen) atoms.